The highest BCUT2D eigenvalue weighted by molar-refractivity contribution is 6.05. The molecule has 3 rings (SSSR count). The van der Waals surface area contributed by atoms with E-state index in [2.05, 4.69) is 10.2 Å². The van der Waals surface area contributed by atoms with Gasteiger partial charge in [0.25, 0.3) is 5.91 Å². The van der Waals surface area contributed by atoms with Gasteiger partial charge in [0, 0.05) is 19.2 Å². The highest BCUT2D eigenvalue weighted by Gasteiger charge is 2.16. The lowest BCUT2D eigenvalue weighted by Gasteiger charge is -2.30. The summed E-state index contributed by atoms with van der Waals surface area (Å²) in [5.41, 5.74) is 1.50. The van der Waals surface area contributed by atoms with Crippen LogP contribution in [0.1, 0.15) is 10.4 Å². The second-order valence-electron chi connectivity index (χ2n) is 4.91. The van der Waals surface area contributed by atoms with Gasteiger partial charge < -0.3 is 19.4 Å². The van der Waals surface area contributed by atoms with Crippen molar-refractivity contribution in [3.8, 4) is 0 Å². The zero-order chi connectivity index (χ0) is 15.4. The van der Waals surface area contributed by atoms with E-state index in [0.717, 1.165) is 30.7 Å². The second kappa shape index (κ2) is 6.44. The van der Waals surface area contributed by atoms with Crippen molar-refractivity contribution < 1.29 is 13.9 Å². The molecular formula is C16H16N2O4. The van der Waals surface area contributed by atoms with Crippen LogP contribution in [0.25, 0.3) is 0 Å². The van der Waals surface area contributed by atoms with Gasteiger partial charge in [0.2, 0.25) is 0 Å². The standard InChI is InChI=1S/C16H16N2O4/c19-15-6-5-12(11-22-15)16(20)17-13-3-1-2-4-14(13)18-7-9-21-10-8-18/h1-6,11H,7-10H2,(H,17,20). The van der Waals surface area contributed by atoms with Crippen LogP contribution in [0.3, 0.4) is 0 Å². The van der Waals surface area contributed by atoms with Crippen LogP contribution >= 0.6 is 0 Å². The minimum absolute atomic E-state index is 0.302. The Balaban J connectivity index is 1.81. The molecule has 114 valence electrons. The third kappa shape index (κ3) is 3.17. The Bertz CT molecular complexity index is 700. The van der Waals surface area contributed by atoms with Crippen LogP contribution in [-0.4, -0.2) is 32.2 Å². The van der Waals surface area contributed by atoms with Crippen LogP contribution in [0.2, 0.25) is 0 Å². The first-order valence-electron chi connectivity index (χ1n) is 7.06. The fourth-order valence-corrected chi connectivity index (χ4v) is 2.34. The molecule has 0 bridgehead atoms. The maximum absolute atomic E-state index is 12.2. The molecule has 0 saturated carbocycles. The van der Waals surface area contributed by atoms with Gasteiger partial charge in [0.1, 0.15) is 6.26 Å². The SMILES string of the molecule is O=C(Nc1ccccc1N1CCOCC1)c1ccc(=O)oc1. The summed E-state index contributed by atoms with van der Waals surface area (Å²) in [6, 6.07) is 10.3. The number of amides is 1. The quantitative estimate of drug-likeness (QED) is 0.934. The predicted molar refractivity (Wildman–Crippen MR) is 82.4 cm³/mol. The molecular weight excluding hydrogens is 284 g/mol. The van der Waals surface area contributed by atoms with Crippen molar-refractivity contribution in [2.75, 3.05) is 36.5 Å². The van der Waals surface area contributed by atoms with Crippen molar-refractivity contribution >= 4 is 17.3 Å². The van der Waals surface area contributed by atoms with Crippen molar-refractivity contribution in [2.24, 2.45) is 0 Å². The molecule has 1 aromatic heterocycles. The van der Waals surface area contributed by atoms with Crippen molar-refractivity contribution in [3.05, 3.63) is 58.6 Å². The fourth-order valence-electron chi connectivity index (χ4n) is 2.34. The number of hydrogen-bond donors (Lipinski definition) is 1. The van der Waals surface area contributed by atoms with E-state index in [9.17, 15) is 9.59 Å². The van der Waals surface area contributed by atoms with E-state index in [1.54, 1.807) is 0 Å². The van der Waals surface area contributed by atoms with Crippen LogP contribution in [-0.2, 0) is 4.74 Å². The van der Waals surface area contributed by atoms with Crippen LogP contribution in [0, 0.1) is 0 Å². The van der Waals surface area contributed by atoms with Crippen molar-refractivity contribution in [1.29, 1.82) is 0 Å². The minimum Gasteiger partial charge on any atom is -0.430 e. The van der Waals surface area contributed by atoms with Gasteiger partial charge in [0.05, 0.1) is 30.2 Å². The van der Waals surface area contributed by atoms with E-state index in [1.807, 2.05) is 24.3 Å². The normalized spacial score (nSPS) is 14.6. The smallest absolute Gasteiger partial charge is 0.335 e. The van der Waals surface area contributed by atoms with Gasteiger partial charge in [0.15, 0.2) is 0 Å². The summed E-state index contributed by atoms with van der Waals surface area (Å²) < 4.78 is 10.1. The zero-order valence-corrected chi connectivity index (χ0v) is 12.0. The summed E-state index contributed by atoms with van der Waals surface area (Å²) in [4.78, 5) is 25.4. The molecule has 1 aromatic carbocycles. The molecule has 1 amide bonds. The Morgan fingerprint density at radius 2 is 1.86 bits per heavy atom. The average molecular weight is 300 g/mol. The first kappa shape index (κ1) is 14.3. The number of carbonyl (C=O) groups is 1. The summed E-state index contributed by atoms with van der Waals surface area (Å²) in [6.45, 7) is 2.92. The van der Waals surface area contributed by atoms with Crippen LogP contribution < -0.4 is 15.8 Å². The molecule has 2 aromatic rings. The summed E-state index contributed by atoms with van der Waals surface area (Å²) in [7, 11) is 0. The van der Waals surface area contributed by atoms with Gasteiger partial charge >= 0.3 is 5.63 Å². The molecule has 2 heterocycles. The first-order chi connectivity index (χ1) is 10.7. The Labute approximate surface area is 127 Å². The number of rotatable bonds is 3. The van der Waals surface area contributed by atoms with Gasteiger partial charge in [-0.05, 0) is 18.2 Å². The van der Waals surface area contributed by atoms with E-state index < -0.39 is 5.63 Å². The van der Waals surface area contributed by atoms with Crippen molar-refractivity contribution in [3.63, 3.8) is 0 Å². The Kier molecular flexibility index (Phi) is 4.20. The molecule has 0 radical (unpaired) electrons. The predicted octanol–water partition coefficient (Wildman–Crippen LogP) is 1.73. The van der Waals surface area contributed by atoms with Gasteiger partial charge in [-0.1, -0.05) is 12.1 Å². The second-order valence-corrected chi connectivity index (χ2v) is 4.91. The van der Waals surface area contributed by atoms with Gasteiger partial charge in [-0.15, -0.1) is 0 Å². The van der Waals surface area contributed by atoms with E-state index in [-0.39, 0.29) is 5.91 Å². The number of anilines is 2. The Hall–Kier alpha value is -2.60. The number of nitrogens with zero attached hydrogens (tertiary/aromatic N) is 1. The number of carbonyl (C=O) groups excluding carboxylic acids is 1. The summed E-state index contributed by atoms with van der Waals surface area (Å²) >= 11 is 0. The fraction of sp³-hybridized carbons (Fsp3) is 0.250. The molecule has 6 nitrogen and oxygen atoms in total. The van der Waals surface area contributed by atoms with E-state index in [4.69, 9.17) is 9.15 Å². The van der Waals surface area contributed by atoms with Crippen molar-refractivity contribution in [2.45, 2.75) is 0 Å². The van der Waals surface area contributed by atoms with E-state index in [0.29, 0.717) is 18.8 Å². The van der Waals surface area contributed by atoms with Gasteiger partial charge in [-0.2, -0.15) is 0 Å². The molecule has 6 heteroatoms. The topological polar surface area (TPSA) is 71.8 Å². The number of ether oxygens (including phenoxy) is 1. The number of nitrogens with one attached hydrogen (secondary N) is 1. The number of hydrogen-bond acceptors (Lipinski definition) is 5. The zero-order valence-electron chi connectivity index (χ0n) is 12.0. The molecule has 1 aliphatic heterocycles. The lowest BCUT2D eigenvalue weighted by Crippen LogP contribution is -2.36. The number of para-hydroxylation sites is 2. The number of benzene rings is 1. The molecule has 1 aliphatic rings. The lowest BCUT2D eigenvalue weighted by molar-refractivity contribution is 0.102. The van der Waals surface area contributed by atoms with Crippen molar-refractivity contribution in [1.82, 2.24) is 0 Å². The molecule has 1 N–H and O–H groups in total. The van der Waals surface area contributed by atoms with Gasteiger partial charge in [-0.25, -0.2) is 4.79 Å². The third-order valence-corrected chi connectivity index (χ3v) is 3.47. The van der Waals surface area contributed by atoms with Crippen LogP contribution in [0.4, 0.5) is 11.4 Å². The molecule has 0 atom stereocenters. The number of morpholine rings is 1. The average Bonchev–Trinajstić information content (AvgIpc) is 2.57. The highest BCUT2D eigenvalue weighted by atomic mass is 16.5. The Morgan fingerprint density at radius 3 is 2.59 bits per heavy atom. The van der Waals surface area contributed by atoms with Crippen LogP contribution in [0.5, 0.6) is 0 Å². The van der Waals surface area contributed by atoms with E-state index in [1.165, 1.54) is 12.1 Å². The molecule has 1 saturated heterocycles. The Morgan fingerprint density at radius 1 is 1.09 bits per heavy atom. The van der Waals surface area contributed by atoms with E-state index >= 15 is 0 Å². The molecule has 0 spiro atoms. The lowest BCUT2D eigenvalue weighted by atomic mass is 10.2. The molecule has 0 aliphatic carbocycles. The summed E-state index contributed by atoms with van der Waals surface area (Å²) in [5, 5.41) is 2.86. The maximum Gasteiger partial charge on any atom is 0.335 e. The molecule has 0 unspecified atom stereocenters. The summed E-state index contributed by atoms with van der Waals surface area (Å²) in [6.07, 6.45) is 1.16. The third-order valence-electron chi connectivity index (χ3n) is 3.47. The van der Waals surface area contributed by atoms with Gasteiger partial charge in [-0.3, -0.25) is 4.79 Å². The van der Waals surface area contributed by atoms with Crippen LogP contribution in [0.15, 0.2) is 51.9 Å². The largest absolute Gasteiger partial charge is 0.430 e. The molecule has 22 heavy (non-hydrogen) atoms. The first-order valence-corrected chi connectivity index (χ1v) is 7.06. The molecule has 1 fully saturated rings. The monoisotopic (exact) mass is 300 g/mol. The minimum atomic E-state index is -0.481. The highest BCUT2D eigenvalue weighted by Crippen LogP contribution is 2.26. The maximum atomic E-state index is 12.2. The summed E-state index contributed by atoms with van der Waals surface area (Å²) in [5.74, 6) is -0.315.